The maximum Gasteiger partial charge on any atom is 0.415 e. The second kappa shape index (κ2) is 8.18. The number of ether oxygens (including phenoxy) is 3. The first-order chi connectivity index (χ1) is 12.6. The molecule has 3 rings (SSSR count). The lowest BCUT2D eigenvalue weighted by molar-refractivity contribution is 0.0511. The normalized spacial score (nSPS) is 14.4. The lowest BCUT2D eigenvalue weighted by Crippen LogP contribution is -2.32. The number of aromatic nitrogens is 3. The summed E-state index contributed by atoms with van der Waals surface area (Å²) in [5.74, 6) is 1.27. The van der Waals surface area contributed by atoms with Gasteiger partial charge >= 0.3 is 6.09 Å². The van der Waals surface area contributed by atoms with Gasteiger partial charge in [-0.1, -0.05) is 5.21 Å². The van der Waals surface area contributed by atoms with Crippen molar-refractivity contribution in [3.63, 3.8) is 0 Å². The van der Waals surface area contributed by atoms with E-state index in [4.69, 9.17) is 14.2 Å². The molecule has 1 aliphatic rings. The molecule has 0 spiro atoms. The predicted octanol–water partition coefficient (Wildman–Crippen LogP) is 2.98. The van der Waals surface area contributed by atoms with Gasteiger partial charge in [0.25, 0.3) is 0 Å². The molecule has 140 valence electrons. The van der Waals surface area contributed by atoms with E-state index in [1.54, 1.807) is 25.9 Å². The van der Waals surface area contributed by atoms with Gasteiger partial charge in [0.05, 0.1) is 0 Å². The fraction of sp³-hybridized carbons (Fsp3) is 0.500. The summed E-state index contributed by atoms with van der Waals surface area (Å²) in [4.78, 5) is 14.0. The summed E-state index contributed by atoms with van der Waals surface area (Å²) in [5.41, 5.74) is 1.44. The minimum absolute atomic E-state index is 0.00630. The molecule has 0 bridgehead atoms. The van der Waals surface area contributed by atoms with E-state index in [1.165, 1.54) is 4.90 Å². The quantitative estimate of drug-likeness (QED) is 0.737. The number of carbonyl (C=O) groups is 1. The molecule has 8 heteroatoms. The minimum Gasteiger partial charge on any atom is -0.468 e. The van der Waals surface area contributed by atoms with Crippen molar-refractivity contribution in [2.75, 3.05) is 25.9 Å². The van der Waals surface area contributed by atoms with Crippen LogP contribution < -0.4 is 9.64 Å². The Morgan fingerprint density at radius 3 is 2.62 bits per heavy atom. The molecule has 0 N–H and O–H groups in total. The predicted molar refractivity (Wildman–Crippen MR) is 96.1 cm³/mol. The van der Waals surface area contributed by atoms with Gasteiger partial charge in [-0.05, 0) is 49.9 Å². The molecule has 0 radical (unpaired) electrons. The molecule has 0 atom stereocenters. The van der Waals surface area contributed by atoms with Crippen molar-refractivity contribution in [3.05, 3.63) is 24.3 Å². The first-order valence-corrected chi connectivity index (χ1v) is 8.66. The van der Waals surface area contributed by atoms with Crippen LogP contribution in [0.3, 0.4) is 0 Å². The van der Waals surface area contributed by atoms with Crippen LogP contribution in [0.1, 0.15) is 25.7 Å². The average Bonchev–Trinajstić information content (AvgIpc) is 3.29. The SMILES string of the molecule is COCOc1ccc(-c2nnn(C)c2N(C)C(=O)OC2CCCC2)cc1. The zero-order chi connectivity index (χ0) is 18.5. The number of carbonyl (C=O) groups excluding carboxylic acids is 1. The molecule has 0 aliphatic heterocycles. The van der Waals surface area contributed by atoms with E-state index in [1.807, 2.05) is 24.3 Å². The van der Waals surface area contributed by atoms with Crippen LogP contribution in [0.25, 0.3) is 11.3 Å². The van der Waals surface area contributed by atoms with Crippen LogP contribution in [0.5, 0.6) is 5.75 Å². The Kier molecular flexibility index (Phi) is 5.72. The van der Waals surface area contributed by atoms with Crippen molar-refractivity contribution >= 4 is 11.9 Å². The van der Waals surface area contributed by atoms with Gasteiger partial charge in [0.2, 0.25) is 0 Å². The van der Waals surface area contributed by atoms with Gasteiger partial charge in [0, 0.05) is 26.8 Å². The Hall–Kier alpha value is -2.61. The molecule has 1 saturated carbocycles. The van der Waals surface area contributed by atoms with Gasteiger partial charge in [-0.3, -0.25) is 4.90 Å². The second-order valence-electron chi connectivity index (χ2n) is 6.31. The number of benzene rings is 1. The van der Waals surface area contributed by atoms with Crippen LogP contribution in [-0.4, -0.2) is 48.1 Å². The van der Waals surface area contributed by atoms with Crippen molar-refractivity contribution in [2.24, 2.45) is 7.05 Å². The molecule has 0 unspecified atom stereocenters. The van der Waals surface area contributed by atoms with Gasteiger partial charge in [-0.2, -0.15) is 0 Å². The Morgan fingerprint density at radius 2 is 1.96 bits per heavy atom. The van der Waals surface area contributed by atoms with Crippen LogP contribution in [0.4, 0.5) is 10.6 Å². The number of rotatable bonds is 6. The summed E-state index contributed by atoms with van der Waals surface area (Å²) in [6.45, 7) is 0.186. The van der Waals surface area contributed by atoms with Crippen molar-refractivity contribution in [2.45, 2.75) is 31.8 Å². The molecule has 26 heavy (non-hydrogen) atoms. The molecule has 8 nitrogen and oxygen atoms in total. The number of anilines is 1. The molecule has 1 fully saturated rings. The Balaban J connectivity index is 1.78. The third-order valence-electron chi connectivity index (χ3n) is 4.43. The highest BCUT2D eigenvalue weighted by molar-refractivity contribution is 5.90. The van der Waals surface area contributed by atoms with Gasteiger partial charge < -0.3 is 14.2 Å². The highest BCUT2D eigenvalue weighted by Crippen LogP contribution is 2.30. The van der Waals surface area contributed by atoms with E-state index >= 15 is 0 Å². The summed E-state index contributed by atoms with van der Waals surface area (Å²) >= 11 is 0. The molecular weight excluding hydrogens is 336 g/mol. The largest absolute Gasteiger partial charge is 0.468 e. The smallest absolute Gasteiger partial charge is 0.415 e. The summed E-state index contributed by atoms with van der Waals surface area (Å²) in [5, 5.41) is 8.28. The average molecular weight is 360 g/mol. The van der Waals surface area contributed by atoms with E-state index in [2.05, 4.69) is 10.3 Å². The van der Waals surface area contributed by atoms with E-state index in [0.717, 1.165) is 31.2 Å². The third-order valence-corrected chi connectivity index (χ3v) is 4.43. The van der Waals surface area contributed by atoms with Crippen LogP contribution in [0.15, 0.2) is 24.3 Å². The molecule has 1 aromatic carbocycles. The first-order valence-electron chi connectivity index (χ1n) is 8.66. The zero-order valence-electron chi connectivity index (χ0n) is 15.3. The standard InChI is InChI=1S/C18H24N4O4/c1-21(18(23)26-15-6-4-5-7-15)17-16(19-20-22(17)2)13-8-10-14(11-9-13)25-12-24-3/h8-11,15H,4-7,12H2,1-3H3. The summed E-state index contributed by atoms with van der Waals surface area (Å²) in [6.07, 6.45) is 3.70. The number of nitrogens with zero attached hydrogens (tertiary/aromatic N) is 4. The molecule has 1 aromatic heterocycles. The summed E-state index contributed by atoms with van der Waals surface area (Å²) in [6, 6.07) is 7.39. The topological polar surface area (TPSA) is 78.7 Å². The van der Waals surface area contributed by atoms with Gasteiger partial charge in [-0.25, -0.2) is 9.48 Å². The van der Waals surface area contributed by atoms with Crippen molar-refractivity contribution < 1.29 is 19.0 Å². The maximum absolute atomic E-state index is 12.5. The molecule has 0 saturated heterocycles. The zero-order valence-corrected chi connectivity index (χ0v) is 15.3. The van der Waals surface area contributed by atoms with Crippen LogP contribution in [0.2, 0.25) is 0 Å². The Bertz CT molecular complexity index is 738. The Morgan fingerprint density at radius 1 is 1.27 bits per heavy atom. The lowest BCUT2D eigenvalue weighted by atomic mass is 10.1. The fourth-order valence-electron chi connectivity index (χ4n) is 3.07. The van der Waals surface area contributed by atoms with Crippen molar-refractivity contribution in [3.8, 4) is 17.0 Å². The molecule has 1 aliphatic carbocycles. The van der Waals surface area contributed by atoms with E-state index < -0.39 is 0 Å². The molecule has 2 aromatic rings. The van der Waals surface area contributed by atoms with Gasteiger partial charge in [0.15, 0.2) is 12.6 Å². The molecule has 1 amide bonds. The number of hydrogen-bond donors (Lipinski definition) is 0. The van der Waals surface area contributed by atoms with Crippen molar-refractivity contribution in [1.82, 2.24) is 15.0 Å². The number of aryl methyl sites for hydroxylation is 1. The second-order valence-corrected chi connectivity index (χ2v) is 6.31. The van der Waals surface area contributed by atoms with Crippen LogP contribution in [-0.2, 0) is 16.5 Å². The number of amides is 1. The molecule has 1 heterocycles. The third kappa shape index (κ3) is 3.96. The number of methoxy groups -OCH3 is 1. The van der Waals surface area contributed by atoms with Crippen molar-refractivity contribution in [1.29, 1.82) is 0 Å². The van der Waals surface area contributed by atoms with Crippen LogP contribution in [0, 0.1) is 0 Å². The maximum atomic E-state index is 12.5. The number of hydrogen-bond acceptors (Lipinski definition) is 6. The first kappa shape index (κ1) is 18.2. The van der Waals surface area contributed by atoms with Crippen LogP contribution >= 0.6 is 0 Å². The highest BCUT2D eigenvalue weighted by atomic mass is 16.7. The highest BCUT2D eigenvalue weighted by Gasteiger charge is 2.26. The molecular formula is C18H24N4O4. The van der Waals surface area contributed by atoms with E-state index in [-0.39, 0.29) is 19.0 Å². The minimum atomic E-state index is -0.386. The van der Waals surface area contributed by atoms with Gasteiger partial charge in [0.1, 0.15) is 17.5 Å². The monoisotopic (exact) mass is 360 g/mol. The lowest BCUT2D eigenvalue weighted by Gasteiger charge is -2.20. The van der Waals surface area contributed by atoms with E-state index in [9.17, 15) is 4.79 Å². The van der Waals surface area contributed by atoms with Gasteiger partial charge in [-0.15, -0.1) is 5.10 Å². The summed E-state index contributed by atoms with van der Waals surface area (Å²) < 4.78 is 17.4. The summed E-state index contributed by atoms with van der Waals surface area (Å²) in [7, 11) is 5.00. The Labute approximate surface area is 152 Å². The van der Waals surface area contributed by atoms with E-state index in [0.29, 0.717) is 17.3 Å². The fourth-order valence-corrected chi connectivity index (χ4v) is 3.07.